The maximum atomic E-state index is 11.9. The van der Waals surface area contributed by atoms with Crippen molar-refractivity contribution in [3.63, 3.8) is 0 Å². The Hall–Kier alpha value is -1.14. The third-order valence-corrected chi connectivity index (χ3v) is 4.60. The third kappa shape index (κ3) is 4.41. The van der Waals surface area contributed by atoms with E-state index in [-0.39, 0.29) is 5.78 Å². The lowest BCUT2D eigenvalue weighted by Crippen LogP contribution is -2.49. The highest BCUT2D eigenvalue weighted by atomic mass is 32.2. The fourth-order valence-electron chi connectivity index (χ4n) is 2.34. The molecule has 1 aliphatic heterocycles. The summed E-state index contributed by atoms with van der Waals surface area (Å²) in [4.78, 5) is 25.3. The molecular weight excluding hydrogens is 284 g/mol. The molecule has 1 fully saturated rings. The van der Waals surface area contributed by atoms with Gasteiger partial charge in [0.05, 0.1) is 11.3 Å². The Balaban J connectivity index is 1.92. The van der Waals surface area contributed by atoms with Crippen molar-refractivity contribution in [2.45, 2.75) is 26.8 Å². The van der Waals surface area contributed by atoms with E-state index in [4.69, 9.17) is 0 Å². The Morgan fingerprint density at radius 2 is 1.86 bits per heavy atom. The number of hydrogen-bond acceptors (Lipinski definition) is 6. The molecule has 0 aromatic carbocycles. The van der Waals surface area contributed by atoms with E-state index in [1.165, 1.54) is 0 Å². The molecule has 0 spiro atoms. The molecule has 1 aromatic heterocycles. The molecule has 0 aliphatic carbocycles. The largest absolute Gasteiger partial charge is 0.338 e. The van der Waals surface area contributed by atoms with Crippen LogP contribution >= 0.6 is 11.8 Å². The molecule has 116 valence electrons. The average molecular weight is 308 g/mol. The molecule has 0 amide bonds. The van der Waals surface area contributed by atoms with Gasteiger partial charge in [0.25, 0.3) is 0 Å². The lowest BCUT2D eigenvalue weighted by molar-refractivity contribution is 0.102. The van der Waals surface area contributed by atoms with E-state index in [1.54, 1.807) is 24.2 Å². The normalized spacial score (nSPS) is 16.5. The van der Waals surface area contributed by atoms with Crippen LogP contribution in [0.4, 0.5) is 5.95 Å². The molecule has 2 heterocycles. The number of rotatable bonds is 6. The molecular formula is C15H24N4OS. The molecule has 0 bridgehead atoms. The van der Waals surface area contributed by atoms with Gasteiger partial charge < -0.3 is 4.90 Å². The highest BCUT2D eigenvalue weighted by Gasteiger charge is 2.20. The smallest absolute Gasteiger partial charge is 0.225 e. The van der Waals surface area contributed by atoms with Gasteiger partial charge in [-0.15, -0.1) is 0 Å². The average Bonchev–Trinajstić information content (AvgIpc) is 2.53. The molecule has 21 heavy (non-hydrogen) atoms. The molecule has 1 saturated heterocycles. The Labute approximate surface area is 131 Å². The number of Topliss-reactive ketones (excluding diaryl/α,β-unsaturated/α-hetero) is 1. The van der Waals surface area contributed by atoms with E-state index < -0.39 is 0 Å². The standard InChI is InChI=1S/C15H24N4OS/c1-4-21-11-14(20)13-9-16-15(17-10-13)19-7-5-18(6-8-19)12(2)3/h9-10,12H,4-8,11H2,1-3H3. The van der Waals surface area contributed by atoms with Gasteiger partial charge in [0.2, 0.25) is 5.95 Å². The van der Waals surface area contributed by atoms with Gasteiger partial charge in [0, 0.05) is 44.6 Å². The van der Waals surface area contributed by atoms with Crippen molar-refractivity contribution in [2.24, 2.45) is 0 Å². The number of hydrogen-bond donors (Lipinski definition) is 0. The molecule has 0 unspecified atom stereocenters. The molecule has 0 N–H and O–H groups in total. The lowest BCUT2D eigenvalue weighted by Gasteiger charge is -2.36. The second-order valence-corrected chi connectivity index (χ2v) is 6.72. The molecule has 1 aliphatic rings. The van der Waals surface area contributed by atoms with Crippen LogP contribution in [-0.2, 0) is 0 Å². The van der Waals surface area contributed by atoms with Gasteiger partial charge in [0.15, 0.2) is 5.78 Å². The van der Waals surface area contributed by atoms with Crippen LogP contribution in [0.1, 0.15) is 31.1 Å². The fraction of sp³-hybridized carbons (Fsp3) is 0.667. The zero-order chi connectivity index (χ0) is 15.2. The first-order valence-corrected chi connectivity index (χ1v) is 8.69. The van der Waals surface area contributed by atoms with Crippen LogP contribution < -0.4 is 4.90 Å². The van der Waals surface area contributed by atoms with Crippen molar-refractivity contribution in [1.29, 1.82) is 0 Å². The Morgan fingerprint density at radius 3 is 2.38 bits per heavy atom. The molecule has 1 aromatic rings. The van der Waals surface area contributed by atoms with Crippen LogP contribution in [0.3, 0.4) is 0 Å². The van der Waals surface area contributed by atoms with Gasteiger partial charge in [-0.25, -0.2) is 9.97 Å². The van der Waals surface area contributed by atoms with Crippen LogP contribution in [0.25, 0.3) is 0 Å². The van der Waals surface area contributed by atoms with E-state index in [0.717, 1.165) is 37.9 Å². The van der Waals surface area contributed by atoms with Gasteiger partial charge in [-0.2, -0.15) is 11.8 Å². The molecule has 6 heteroatoms. The van der Waals surface area contributed by atoms with Crippen molar-refractivity contribution in [1.82, 2.24) is 14.9 Å². The summed E-state index contributed by atoms with van der Waals surface area (Å²) in [6, 6.07) is 0.587. The Bertz CT molecular complexity index is 455. The minimum atomic E-state index is 0.109. The first-order valence-electron chi connectivity index (χ1n) is 7.53. The van der Waals surface area contributed by atoms with Crippen LogP contribution in [-0.4, -0.2) is 64.4 Å². The zero-order valence-corrected chi connectivity index (χ0v) is 13.9. The van der Waals surface area contributed by atoms with E-state index in [2.05, 4.69) is 33.6 Å². The summed E-state index contributed by atoms with van der Waals surface area (Å²) in [6.07, 6.45) is 3.32. The van der Waals surface area contributed by atoms with E-state index >= 15 is 0 Å². The monoisotopic (exact) mass is 308 g/mol. The SMILES string of the molecule is CCSCC(=O)c1cnc(N2CCN(C(C)C)CC2)nc1. The van der Waals surface area contributed by atoms with Crippen LogP contribution in [0.2, 0.25) is 0 Å². The summed E-state index contributed by atoms with van der Waals surface area (Å²) in [5.74, 6) is 2.30. The minimum absolute atomic E-state index is 0.109. The second kappa shape index (κ2) is 7.75. The van der Waals surface area contributed by atoms with Crippen molar-refractivity contribution in [2.75, 3.05) is 42.6 Å². The molecule has 0 saturated carbocycles. The summed E-state index contributed by atoms with van der Waals surface area (Å²) in [6.45, 7) is 10.5. The molecule has 0 radical (unpaired) electrons. The Morgan fingerprint density at radius 1 is 1.24 bits per heavy atom. The maximum Gasteiger partial charge on any atom is 0.225 e. The van der Waals surface area contributed by atoms with Gasteiger partial charge in [-0.05, 0) is 19.6 Å². The van der Waals surface area contributed by atoms with Crippen molar-refractivity contribution < 1.29 is 4.79 Å². The minimum Gasteiger partial charge on any atom is -0.338 e. The number of thioether (sulfide) groups is 1. The lowest BCUT2D eigenvalue weighted by atomic mass is 10.2. The van der Waals surface area contributed by atoms with Crippen LogP contribution in [0, 0.1) is 0 Å². The maximum absolute atomic E-state index is 11.9. The summed E-state index contributed by atoms with van der Waals surface area (Å²) in [7, 11) is 0. The summed E-state index contributed by atoms with van der Waals surface area (Å²) >= 11 is 1.63. The number of piperazine rings is 1. The molecule has 2 rings (SSSR count). The first kappa shape index (κ1) is 16.2. The fourth-order valence-corrected chi connectivity index (χ4v) is 2.90. The third-order valence-electron chi connectivity index (χ3n) is 3.72. The number of carbonyl (C=O) groups is 1. The molecule has 5 nitrogen and oxygen atoms in total. The van der Waals surface area contributed by atoms with Crippen molar-refractivity contribution in [3.05, 3.63) is 18.0 Å². The number of ketones is 1. The Kier molecular flexibility index (Phi) is 5.99. The molecule has 0 atom stereocenters. The number of nitrogens with zero attached hydrogens (tertiary/aromatic N) is 4. The predicted molar refractivity (Wildman–Crippen MR) is 88.3 cm³/mol. The van der Waals surface area contributed by atoms with Gasteiger partial charge in [0.1, 0.15) is 0 Å². The predicted octanol–water partition coefficient (Wildman–Crippen LogP) is 1.94. The van der Waals surface area contributed by atoms with Gasteiger partial charge >= 0.3 is 0 Å². The van der Waals surface area contributed by atoms with Gasteiger partial charge in [-0.3, -0.25) is 9.69 Å². The number of carbonyl (C=O) groups excluding carboxylic acids is 1. The summed E-state index contributed by atoms with van der Waals surface area (Å²) in [5.41, 5.74) is 0.612. The van der Waals surface area contributed by atoms with Crippen LogP contribution in [0.5, 0.6) is 0 Å². The summed E-state index contributed by atoms with van der Waals surface area (Å²) < 4.78 is 0. The topological polar surface area (TPSA) is 49.3 Å². The highest BCUT2D eigenvalue weighted by Crippen LogP contribution is 2.13. The number of aromatic nitrogens is 2. The van der Waals surface area contributed by atoms with Crippen molar-refractivity contribution in [3.8, 4) is 0 Å². The summed E-state index contributed by atoms with van der Waals surface area (Å²) in [5, 5.41) is 0. The first-order chi connectivity index (χ1) is 10.1. The van der Waals surface area contributed by atoms with Crippen molar-refractivity contribution >= 4 is 23.5 Å². The zero-order valence-electron chi connectivity index (χ0n) is 13.1. The van der Waals surface area contributed by atoms with Crippen LogP contribution in [0.15, 0.2) is 12.4 Å². The second-order valence-electron chi connectivity index (χ2n) is 5.45. The van der Waals surface area contributed by atoms with Gasteiger partial charge in [-0.1, -0.05) is 6.92 Å². The van der Waals surface area contributed by atoms with E-state index in [1.807, 2.05) is 6.92 Å². The van der Waals surface area contributed by atoms with E-state index in [0.29, 0.717) is 17.4 Å². The van der Waals surface area contributed by atoms with E-state index in [9.17, 15) is 4.79 Å². The highest BCUT2D eigenvalue weighted by molar-refractivity contribution is 7.99. The number of anilines is 1. The quantitative estimate of drug-likeness (QED) is 0.749.